The van der Waals surface area contributed by atoms with E-state index >= 15 is 0 Å². The van der Waals surface area contributed by atoms with E-state index in [0.717, 1.165) is 19.3 Å². The van der Waals surface area contributed by atoms with Crippen LogP contribution in [0.25, 0.3) is 0 Å². The molecule has 3 rings (SSSR count). The summed E-state index contributed by atoms with van der Waals surface area (Å²) in [5, 5.41) is 12.7. The highest BCUT2D eigenvalue weighted by Gasteiger charge is 2.41. The molecule has 7 unspecified atom stereocenters. The predicted molar refractivity (Wildman–Crippen MR) is 82.3 cm³/mol. The highest BCUT2D eigenvalue weighted by Crippen LogP contribution is 2.27. The van der Waals surface area contributed by atoms with Crippen molar-refractivity contribution in [3.05, 3.63) is 0 Å². The Morgan fingerprint density at radius 2 is 2.10 bits per heavy atom. The molecule has 7 heteroatoms. The predicted octanol–water partition coefficient (Wildman–Crippen LogP) is 1.21. The Hall–Kier alpha value is 0.0200. The molecule has 7 atom stereocenters. The second-order valence-electron chi connectivity index (χ2n) is 6.59. The number of rotatable bonds is 3. The molecule has 2 heterocycles. The first-order valence-corrected chi connectivity index (χ1v) is 8.61. The van der Waals surface area contributed by atoms with Crippen LogP contribution in [0.4, 0.5) is 4.39 Å². The molecule has 3 aliphatic rings. The highest BCUT2D eigenvalue weighted by molar-refractivity contribution is 6.21. The minimum absolute atomic E-state index is 0.153. The fraction of sp³-hybridized carbons (Fsp3) is 1.00. The van der Waals surface area contributed by atoms with Crippen LogP contribution in [0, 0.1) is 0 Å². The summed E-state index contributed by atoms with van der Waals surface area (Å²) in [5.41, 5.74) is 3.51. The maximum absolute atomic E-state index is 13.5. The molecule has 0 bridgehead atoms. The molecule has 1 aliphatic carbocycles. The molecule has 0 amide bonds. The van der Waals surface area contributed by atoms with Crippen molar-refractivity contribution < 1.29 is 4.39 Å². The van der Waals surface area contributed by atoms with Crippen LogP contribution in [0.2, 0.25) is 0 Å². The van der Waals surface area contributed by atoms with Crippen LogP contribution in [-0.4, -0.2) is 47.3 Å². The number of alkyl halides is 2. The lowest BCUT2D eigenvalue weighted by Crippen LogP contribution is -2.67. The smallest absolute Gasteiger partial charge is 0.130 e. The van der Waals surface area contributed by atoms with Gasteiger partial charge in [0, 0.05) is 12.1 Å². The summed E-state index contributed by atoms with van der Waals surface area (Å²) >= 11 is 6.10. The Kier molecular flexibility index (Phi) is 5.03. The molecule has 0 spiro atoms. The maximum Gasteiger partial charge on any atom is 0.130 e. The van der Waals surface area contributed by atoms with Gasteiger partial charge in [-0.25, -0.2) is 9.82 Å². The third-order valence-electron chi connectivity index (χ3n) is 4.83. The van der Waals surface area contributed by atoms with Crippen molar-refractivity contribution in [2.75, 3.05) is 0 Å². The van der Waals surface area contributed by atoms with Crippen LogP contribution in [-0.2, 0) is 0 Å². The van der Waals surface area contributed by atoms with Crippen molar-refractivity contribution in [1.29, 1.82) is 0 Å². The Balaban J connectivity index is 1.61. The molecule has 0 aromatic heterocycles. The fourth-order valence-electron chi connectivity index (χ4n) is 3.61. The zero-order valence-electron chi connectivity index (χ0n) is 12.8. The Labute approximate surface area is 131 Å². The quantitative estimate of drug-likeness (QED) is 0.589. The van der Waals surface area contributed by atoms with Gasteiger partial charge in [0.05, 0.1) is 17.7 Å². The Bertz CT molecular complexity index is 360. The highest BCUT2D eigenvalue weighted by atomic mass is 35.5. The minimum atomic E-state index is -0.847. The molecule has 5 nitrogen and oxygen atoms in total. The summed E-state index contributed by atoms with van der Waals surface area (Å²) in [7, 11) is 0. The van der Waals surface area contributed by atoms with Crippen LogP contribution in [0.5, 0.6) is 0 Å². The molecule has 0 aromatic carbocycles. The third kappa shape index (κ3) is 3.51. The van der Waals surface area contributed by atoms with Gasteiger partial charge in [0.25, 0.3) is 0 Å². The van der Waals surface area contributed by atoms with Crippen molar-refractivity contribution in [3.63, 3.8) is 0 Å². The molecule has 21 heavy (non-hydrogen) atoms. The van der Waals surface area contributed by atoms with Crippen molar-refractivity contribution >= 4 is 11.6 Å². The largest absolute Gasteiger partial charge is 0.298 e. The lowest BCUT2D eigenvalue weighted by atomic mass is 9.93. The fourth-order valence-corrected chi connectivity index (χ4v) is 3.95. The average Bonchev–Trinajstić information content (AvgIpc) is 2.86. The SMILES string of the molecule is CCC1NC2NC(C)CC(NC3CCC(F)C(Cl)C3)N2N1. The molecule has 122 valence electrons. The van der Waals surface area contributed by atoms with Crippen LogP contribution >= 0.6 is 11.6 Å². The van der Waals surface area contributed by atoms with Gasteiger partial charge in [0.15, 0.2) is 0 Å². The van der Waals surface area contributed by atoms with Crippen LogP contribution in [0.15, 0.2) is 0 Å². The van der Waals surface area contributed by atoms with Crippen molar-refractivity contribution in [2.45, 2.75) is 88.2 Å². The molecule has 2 saturated heterocycles. The van der Waals surface area contributed by atoms with E-state index in [1.54, 1.807) is 0 Å². The van der Waals surface area contributed by atoms with Gasteiger partial charge in [-0.15, -0.1) is 11.6 Å². The topological polar surface area (TPSA) is 51.4 Å². The van der Waals surface area contributed by atoms with E-state index in [4.69, 9.17) is 11.6 Å². The number of hydrazine groups is 1. The standard InChI is InChI=1S/C14H27ClFN5/c1-3-12-19-14-17-8(2)6-13(21(14)20-12)18-9-4-5-11(16)10(15)7-9/h8-14,17-20H,3-7H2,1-2H3. The molecular formula is C14H27ClFN5. The van der Waals surface area contributed by atoms with Gasteiger partial charge in [-0.1, -0.05) is 6.92 Å². The second-order valence-corrected chi connectivity index (χ2v) is 7.15. The lowest BCUT2D eigenvalue weighted by molar-refractivity contribution is 0.00847. The number of nitrogens with one attached hydrogen (secondary N) is 4. The summed E-state index contributed by atoms with van der Waals surface area (Å²) in [6.07, 6.45) is 4.06. The van der Waals surface area contributed by atoms with Crippen molar-refractivity contribution in [1.82, 2.24) is 26.4 Å². The number of fused-ring (bicyclic) bond motifs is 1. The summed E-state index contributed by atoms with van der Waals surface area (Å²) in [4.78, 5) is 0. The second kappa shape index (κ2) is 6.64. The lowest BCUT2D eigenvalue weighted by Gasteiger charge is -2.43. The van der Waals surface area contributed by atoms with Crippen molar-refractivity contribution in [3.8, 4) is 0 Å². The molecule has 1 saturated carbocycles. The van der Waals surface area contributed by atoms with E-state index in [1.165, 1.54) is 0 Å². The number of nitrogens with zero attached hydrogens (tertiary/aromatic N) is 1. The maximum atomic E-state index is 13.5. The van der Waals surface area contributed by atoms with Crippen LogP contribution in [0.1, 0.15) is 46.0 Å². The van der Waals surface area contributed by atoms with Crippen molar-refractivity contribution in [2.24, 2.45) is 0 Å². The van der Waals surface area contributed by atoms with Gasteiger partial charge in [-0.05, 0) is 39.0 Å². The number of hydrogen-bond donors (Lipinski definition) is 4. The number of halogens is 2. The molecular weight excluding hydrogens is 293 g/mol. The zero-order chi connectivity index (χ0) is 15.0. The monoisotopic (exact) mass is 319 g/mol. The zero-order valence-corrected chi connectivity index (χ0v) is 13.5. The van der Waals surface area contributed by atoms with E-state index in [0.29, 0.717) is 31.1 Å². The molecule has 2 aliphatic heterocycles. The Morgan fingerprint density at radius 3 is 2.81 bits per heavy atom. The molecule has 3 fully saturated rings. The third-order valence-corrected chi connectivity index (χ3v) is 5.28. The summed E-state index contributed by atoms with van der Waals surface area (Å²) in [6, 6.07) is 0.746. The minimum Gasteiger partial charge on any atom is -0.298 e. The first-order valence-electron chi connectivity index (χ1n) is 8.17. The molecule has 4 N–H and O–H groups in total. The molecule has 0 radical (unpaired) electrons. The van der Waals surface area contributed by atoms with Crippen LogP contribution in [0.3, 0.4) is 0 Å². The van der Waals surface area contributed by atoms with E-state index in [1.807, 2.05) is 0 Å². The summed E-state index contributed by atoms with van der Waals surface area (Å²) < 4.78 is 13.5. The average molecular weight is 320 g/mol. The molecule has 0 aromatic rings. The van der Waals surface area contributed by atoms with E-state index in [2.05, 4.69) is 40.2 Å². The first-order chi connectivity index (χ1) is 10.1. The van der Waals surface area contributed by atoms with E-state index in [9.17, 15) is 4.39 Å². The normalized spacial score (nSPS) is 48.3. The Morgan fingerprint density at radius 1 is 1.29 bits per heavy atom. The van der Waals surface area contributed by atoms with E-state index in [-0.39, 0.29) is 17.8 Å². The summed E-state index contributed by atoms with van der Waals surface area (Å²) in [5.74, 6) is 0. The van der Waals surface area contributed by atoms with Gasteiger partial charge in [0.2, 0.25) is 0 Å². The summed E-state index contributed by atoms with van der Waals surface area (Å²) in [6.45, 7) is 4.37. The first kappa shape index (κ1) is 15.9. The van der Waals surface area contributed by atoms with Gasteiger partial charge in [-0.2, -0.15) is 5.01 Å². The van der Waals surface area contributed by atoms with Gasteiger partial charge < -0.3 is 0 Å². The van der Waals surface area contributed by atoms with Gasteiger partial charge >= 0.3 is 0 Å². The van der Waals surface area contributed by atoms with Crippen LogP contribution < -0.4 is 21.4 Å². The number of hydrogen-bond acceptors (Lipinski definition) is 5. The van der Waals surface area contributed by atoms with E-state index < -0.39 is 6.17 Å². The van der Waals surface area contributed by atoms with Gasteiger partial charge in [0.1, 0.15) is 12.5 Å². The van der Waals surface area contributed by atoms with Gasteiger partial charge in [-0.3, -0.25) is 16.0 Å².